The van der Waals surface area contributed by atoms with Crippen LogP contribution in [0.15, 0.2) is 46.7 Å². The van der Waals surface area contributed by atoms with Crippen molar-refractivity contribution in [3.05, 3.63) is 47.8 Å². The van der Waals surface area contributed by atoms with E-state index in [4.69, 9.17) is 0 Å². The fraction of sp³-hybridized carbons (Fsp3) is 0.407. The number of aromatic nitrogens is 2. The van der Waals surface area contributed by atoms with Crippen LogP contribution in [0, 0.1) is 11.3 Å². The topological polar surface area (TPSA) is 136 Å². The summed E-state index contributed by atoms with van der Waals surface area (Å²) in [6.45, 7) is 7.07. The second kappa shape index (κ2) is 16.7. The number of carbonyl (C=O) groups excluding carboxylic acids is 1. The quantitative estimate of drug-likeness (QED) is 0.399. The number of allylic oxidation sites excluding steroid dienone is 1. The first-order valence-corrected chi connectivity index (χ1v) is 12.5. The SMILES string of the molecule is C=N/C(=C\C=Nc1ccc(NC)nc1)c1cnc(N2CCCC2)c(C#N)c1.CN.O=CCN1CCC(F)C1. The number of nitrogens with one attached hydrogen (secondary N) is 1. The molecule has 4 rings (SSSR count). The molecule has 0 aromatic carbocycles. The number of rotatable bonds is 8. The Labute approximate surface area is 223 Å². The van der Waals surface area contributed by atoms with Gasteiger partial charge < -0.3 is 20.7 Å². The van der Waals surface area contributed by atoms with E-state index in [0.29, 0.717) is 30.8 Å². The van der Waals surface area contributed by atoms with Gasteiger partial charge in [0.2, 0.25) is 0 Å². The van der Waals surface area contributed by atoms with E-state index in [-0.39, 0.29) is 0 Å². The Morgan fingerprint density at radius 1 is 1.29 bits per heavy atom. The lowest BCUT2D eigenvalue weighted by Gasteiger charge is -2.17. The maximum Gasteiger partial charge on any atom is 0.146 e. The molecule has 38 heavy (non-hydrogen) atoms. The largest absolute Gasteiger partial charge is 0.373 e. The molecule has 202 valence electrons. The fourth-order valence-electron chi connectivity index (χ4n) is 3.96. The van der Waals surface area contributed by atoms with E-state index in [0.717, 1.165) is 61.6 Å². The van der Waals surface area contributed by atoms with Crippen LogP contribution in [-0.2, 0) is 4.79 Å². The number of hydrogen-bond acceptors (Lipinski definition) is 10. The second-order valence-corrected chi connectivity index (χ2v) is 8.35. The molecule has 1 atom stereocenters. The number of nitrogens with two attached hydrogens (primary N) is 1. The van der Waals surface area contributed by atoms with Gasteiger partial charge in [0.25, 0.3) is 0 Å². The summed E-state index contributed by atoms with van der Waals surface area (Å²) < 4.78 is 12.3. The number of pyridine rings is 2. The smallest absolute Gasteiger partial charge is 0.146 e. The van der Waals surface area contributed by atoms with E-state index in [1.807, 2.05) is 24.1 Å². The number of likely N-dealkylation sites (tertiary alicyclic amines) is 1. The van der Waals surface area contributed by atoms with Gasteiger partial charge in [-0.2, -0.15) is 5.26 Å². The van der Waals surface area contributed by atoms with Crippen molar-refractivity contribution < 1.29 is 9.18 Å². The maximum atomic E-state index is 12.3. The van der Waals surface area contributed by atoms with Gasteiger partial charge in [0.05, 0.1) is 29.7 Å². The highest BCUT2D eigenvalue weighted by molar-refractivity contribution is 5.86. The van der Waals surface area contributed by atoms with Crippen molar-refractivity contribution >= 4 is 42.2 Å². The van der Waals surface area contributed by atoms with Crippen molar-refractivity contribution in [2.75, 3.05) is 57.0 Å². The number of anilines is 2. The molecule has 0 spiro atoms. The van der Waals surface area contributed by atoms with Gasteiger partial charge in [-0.05, 0) is 57.3 Å². The van der Waals surface area contributed by atoms with Crippen molar-refractivity contribution in [2.24, 2.45) is 15.7 Å². The summed E-state index contributed by atoms with van der Waals surface area (Å²) in [6, 6.07) is 7.76. The van der Waals surface area contributed by atoms with Gasteiger partial charge in [-0.3, -0.25) is 14.9 Å². The molecule has 2 aromatic rings. The van der Waals surface area contributed by atoms with Crippen LogP contribution in [0.25, 0.3) is 5.70 Å². The van der Waals surface area contributed by atoms with Crippen LogP contribution in [0.2, 0.25) is 0 Å². The minimum atomic E-state index is -0.704. The molecule has 3 N–H and O–H groups in total. The van der Waals surface area contributed by atoms with Gasteiger partial charge in [-0.15, -0.1) is 0 Å². The van der Waals surface area contributed by atoms with Gasteiger partial charge in [-0.1, -0.05) is 0 Å². The van der Waals surface area contributed by atoms with Crippen LogP contribution in [-0.4, -0.2) is 87.1 Å². The highest BCUT2D eigenvalue weighted by atomic mass is 19.1. The molecule has 11 heteroatoms. The molecule has 0 saturated carbocycles. The predicted molar refractivity (Wildman–Crippen MR) is 152 cm³/mol. The van der Waals surface area contributed by atoms with Crippen molar-refractivity contribution in [3.8, 4) is 6.07 Å². The van der Waals surface area contributed by atoms with E-state index in [9.17, 15) is 14.4 Å². The van der Waals surface area contributed by atoms with Gasteiger partial charge in [0.1, 0.15) is 30.2 Å². The van der Waals surface area contributed by atoms with Crippen molar-refractivity contribution in [2.45, 2.75) is 25.4 Å². The second-order valence-electron chi connectivity index (χ2n) is 8.35. The summed E-state index contributed by atoms with van der Waals surface area (Å²) in [5.74, 6) is 1.53. The number of aldehydes is 1. The lowest BCUT2D eigenvalue weighted by atomic mass is 10.1. The third kappa shape index (κ3) is 9.14. The molecule has 2 aliphatic heterocycles. The van der Waals surface area contributed by atoms with Crippen molar-refractivity contribution in [3.63, 3.8) is 0 Å². The molecule has 0 bridgehead atoms. The van der Waals surface area contributed by atoms with Gasteiger partial charge in [0.15, 0.2) is 0 Å². The Morgan fingerprint density at radius 3 is 2.61 bits per heavy atom. The van der Waals surface area contributed by atoms with E-state index in [2.05, 4.69) is 48.7 Å². The van der Waals surface area contributed by atoms with Crippen LogP contribution in [0.1, 0.15) is 30.4 Å². The van der Waals surface area contributed by atoms with Crippen LogP contribution >= 0.6 is 0 Å². The molecule has 4 heterocycles. The molecular weight excluding hydrogens is 485 g/mol. The third-order valence-electron chi connectivity index (χ3n) is 5.87. The summed E-state index contributed by atoms with van der Waals surface area (Å²) in [5, 5.41) is 12.5. The summed E-state index contributed by atoms with van der Waals surface area (Å²) in [4.78, 5) is 31.0. The molecule has 1 unspecified atom stereocenters. The van der Waals surface area contributed by atoms with E-state index in [1.54, 1.807) is 30.8 Å². The Bertz CT molecular complexity index is 1120. The number of aliphatic imine (C=N–C) groups is 2. The first kappa shape index (κ1) is 30.2. The molecule has 2 aromatic heterocycles. The maximum absolute atomic E-state index is 12.3. The van der Waals surface area contributed by atoms with Crippen LogP contribution < -0.4 is 16.0 Å². The highest BCUT2D eigenvalue weighted by Crippen LogP contribution is 2.25. The lowest BCUT2D eigenvalue weighted by Crippen LogP contribution is -2.22. The third-order valence-corrected chi connectivity index (χ3v) is 5.87. The number of alkyl halides is 1. The molecule has 2 fully saturated rings. The average molecular weight is 522 g/mol. The Kier molecular flexibility index (Phi) is 13.3. The zero-order valence-electron chi connectivity index (χ0n) is 22.1. The average Bonchev–Trinajstić information content (AvgIpc) is 3.65. The standard InChI is InChI=1S/C20H21N7.C6H10FNO.CH5N/c1-22-18(7-8-24-17-5-6-19(23-2)25-14-17)16-11-15(12-21)20(26-13-16)27-9-3-4-10-27;7-6-1-2-8(5-6)3-4-9;1-2/h5-8,11,13-14H,1,3-4,9-10H2,2H3,(H,23,25);4,6H,1-3,5H2;2H2,1H3/b18-7-,24-8?;;. The molecular formula is C27H36FN9O. The normalized spacial score (nSPS) is 17.2. The zero-order valence-corrected chi connectivity index (χ0v) is 22.1. The minimum absolute atomic E-state index is 0.389. The molecule has 2 aliphatic rings. The zero-order chi connectivity index (χ0) is 27.8. The van der Waals surface area contributed by atoms with E-state index >= 15 is 0 Å². The number of carbonyl (C=O) groups is 1. The van der Waals surface area contributed by atoms with Crippen LogP contribution in [0.3, 0.4) is 0 Å². The fourth-order valence-corrected chi connectivity index (χ4v) is 3.96. The number of nitriles is 1. The lowest BCUT2D eigenvalue weighted by molar-refractivity contribution is -0.108. The number of hydrogen-bond donors (Lipinski definition) is 2. The van der Waals surface area contributed by atoms with Crippen molar-refractivity contribution in [1.82, 2.24) is 14.9 Å². The van der Waals surface area contributed by atoms with Crippen molar-refractivity contribution in [1.29, 1.82) is 5.26 Å². The summed E-state index contributed by atoms with van der Waals surface area (Å²) >= 11 is 0. The predicted octanol–water partition coefficient (Wildman–Crippen LogP) is 3.24. The molecule has 0 radical (unpaired) electrons. The Hall–Kier alpha value is -4.01. The number of halogens is 1. The molecule has 0 aliphatic carbocycles. The number of nitrogens with zero attached hydrogens (tertiary/aromatic N) is 7. The van der Waals surface area contributed by atoms with E-state index < -0.39 is 6.17 Å². The van der Waals surface area contributed by atoms with E-state index in [1.165, 1.54) is 7.05 Å². The van der Waals surface area contributed by atoms with Crippen LogP contribution in [0.5, 0.6) is 0 Å². The highest BCUT2D eigenvalue weighted by Gasteiger charge is 2.20. The van der Waals surface area contributed by atoms with Crippen LogP contribution in [0.4, 0.5) is 21.7 Å². The minimum Gasteiger partial charge on any atom is -0.373 e. The van der Waals surface area contributed by atoms with Gasteiger partial charge in [-0.25, -0.2) is 14.4 Å². The molecule has 0 amide bonds. The monoisotopic (exact) mass is 521 g/mol. The summed E-state index contributed by atoms with van der Waals surface area (Å²) in [7, 11) is 3.31. The van der Waals surface area contributed by atoms with Gasteiger partial charge >= 0.3 is 0 Å². The molecule has 10 nitrogen and oxygen atoms in total. The first-order chi connectivity index (χ1) is 18.6. The Morgan fingerprint density at radius 2 is 2.05 bits per heavy atom. The molecule has 2 saturated heterocycles. The van der Waals surface area contributed by atoms with Gasteiger partial charge in [0, 0.05) is 51.2 Å². The summed E-state index contributed by atoms with van der Waals surface area (Å²) in [6.07, 6.45) is 9.76. The first-order valence-electron chi connectivity index (χ1n) is 12.5. The summed E-state index contributed by atoms with van der Waals surface area (Å²) in [5.41, 5.74) is 7.12. The Balaban J connectivity index is 0.000000387.